The van der Waals surface area contributed by atoms with E-state index in [-0.39, 0.29) is 11.9 Å². The highest BCUT2D eigenvalue weighted by molar-refractivity contribution is 5.98. The summed E-state index contributed by atoms with van der Waals surface area (Å²) in [5.74, 6) is 0.887. The third-order valence-corrected chi connectivity index (χ3v) is 5.92. The third-order valence-electron chi connectivity index (χ3n) is 5.92. The number of primary amides is 1. The summed E-state index contributed by atoms with van der Waals surface area (Å²) in [7, 11) is 3.92. The lowest BCUT2D eigenvalue weighted by Gasteiger charge is -2.32. The van der Waals surface area contributed by atoms with Crippen molar-refractivity contribution in [3.05, 3.63) is 78.5 Å². The second-order valence-electron chi connectivity index (χ2n) is 8.92. The van der Waals surface area contributed by atoms with Crippen molar-refractivity contribution in [3.63, 3.8) is 0 Å². The topological polar surface area (TPSA) is 93.7 Å². The quantitative estimate of drug-likeness (QED) is 0.503. The highest BCUT2D eigenvalue weighted by Crippen LogP contribution is 2.29. The van der Waals surface area contributed by atoms with Gasteiger partial charge >= 0.3 is 0 Å². The van der Waals surface area contributed by atoms with Gasteiger partial charge in [-0.15, -0.1) is 0 Å². The lowest BCUT2D eigenvalue weighted by atomic mass is 10.1. The second kappa shape index (κ2) is 11.0. The van der Waals surface area contributed by atoms with Crippen LogP contribution in [-0.4, -0.2) is 65.1 Å². The summed E-state index contributed by atoms with van der Waals surface area (Å²) in [5.41, 5.74) is 7.34. The zero-order valence-corrected chi connectivity index (χ0v) is 20.1. The van der Waals surface area contributed by atoms with E-state index in [0.29, 0.717) is 36.6 Å². The van der Waals surface area contributed by atoms with E-state index in [1.807, 2.05) is 84.6 Å². The van der Waals surface area contributed by atoms with E-state index in [2.05, 4.69) is 0 Å². The molecular formula is C27H31N5O3. The molecule has 3 aromatic rings. The molecular weight excluding hydrogens is 442 g/mol. The normalized spacial score (nSPS) is 16.1. The number of nitrogens with zero attached hydrogens (tertiary/aromatic N) is 4. The Hall–Kier alpha value is -3.91. The summed E-state index contributed by atoms with van der Waals surface area (Å²) in [4.78, 5) is 28.7. The van der Waals surface area contributed by atoms with Gasteiger partial charge in [-0.25, -0.2) is 0 Å². The molecule has 0 bridgehead atoms. The Labute approximate surface area is 205 Å². The number of benzene rings is 2. The van der Waals surface area contributed by atoms with Crippen LogP contribution in [0, 0.1) is 0 Å². The van der Waals surface area contributed by atoms with Crippen LogP contribution in [0.2, 0.25) is 0 Å². The van der Waals surface area contributed by atoms with Crippen LogP contribution >= 0.6 is 0 Å². The van der Waals surface area contributed by atoms with Gasteiger partial charge in [-0.1, -0.05) is 24.3 Å². The predicted molar refractivity (Wildman–Crippen MR) is 135 cm³/mol. The first-order valence-corrected chi connectivity index (χ1v) is 11.7. The van der Waals surface area contributed by atoms with Crippen LogP contribution in [0.3, 0.4) is 0 Å². The molecule has 4 rings (SSSR count). The standard InChI is InChI=1S/C27H31N5O3/c1-30(2)16-7-11-25(33)31-17-6-8-21(18-31)32-19-24(27(28)34)26(29-32)20-12-14-23(15-13-20)35-22-9-4-3-5-10-22/h3-5,7,9-15,19,21H,6,8,16-18H2,1-2H3,(H2,28,34)/t21-/m1/s1. The molecule has 0 radical (unpaired) electrons. The summed E-state index contributed by atoms with van der Waals surface area (Å²) in [6.45, 7) is 1.96. The van der Waals surface area contributed by atoms with Crippen molar-refractivity contribution in [2.24, 2.45) is 5.73 Å². The number of ether oxygens (including phenoxy) is 1. The van der Waals surface area contributed by atoms with Crippen molar-refractivity contribution in [1.82, 2.24) is 19.6 Å². The fourth-order valence-electron chi connectivity index (χ4n) is 4.12. The second-order valence-corrected chi connectivity index (χ2v) is 8.92. The smallest absolute Gasteiger partial charge is 0.252 e. The van der Waals surface area contributed by atoms with Crippen LogP contribution in [0.25, 0.3) is 11.3 Å². The zero-order valence-electron chi connectivity index (χ0n) is 20.1. The number of aromatic nitrogens is 2. The van der Waals surface area contributed by atoms with Crippen LogP contribution in [0.4, 0.5) is 0 Å². The molecule has 2 amide bonds. The summed E-state index contributed by atoms with van der Waals surface area (Å²) in [5, 5.41) is 4.73. The van der Waals surface area contributed by atoms with Gasteiger partial charge in [0.25, 0.3) is 5.91 Å². The average Bonchev–Trinajstić information content (AvgIpc) is 3.31. The van der Waals surface area contributed by atoms with E-state index in [1.165, 1.54) is 0 Å². The van der Waals surface area contributed by atoms with Gasteiger partial charge in [-0.2, -0.15) is 5.10 Å². The van der Waals surface area contributed by atoms with E-state index in [4.69, 9.17) is 15.6 Å². The van der Waals surface area contributed by atoms with Crippen molar-refractivity contribution < 1.29 is 14.3 Å². The molecule has 8 heteroatoms. The molecule has 2 heterocycles. The molecule has 2 aromatic carbocycles. The van der Waals surface area contributed by atoms with Gasteiger partial charge in [0.15, 0.2) is 0 Å². The maximum absolute atomic E-state index is 12.6. The summed E-state index contributed by atoms with van der Waals surface area (Å²) in [6, 6.07) is 16.9. The minimum Gasteiger partial charge on any atom is -0.457 e. The number of carbonyl (C=O) groups excluding carboxylic acids is 2. The molecule has 0 unspecified atom stereocenters. The van der Waals surface area contributed by atoms with Crippen molar-refractivity contribution in [1.29, 1.82) is 0 Å². The minimum absolute atomic E-state index is 0.00643. The number of likely N-dealkylation sites (tertiary alicyclic amines) is 1. The molecule has 1 fully saturated rings. The van der Waals surface area contributed by atoms with Gasteiger partial charge in [0.1, 0.15) is 17.2 Å². The van der Waals surface area contributed by atoms with E-state index in [1.54, 1.807) is 17.0 Å². The number of likely N-dealkylation sites (N-methyl/N-ethyl adjacent to an activating group) is 1. The minimum atomic E-state index is -0.536. The van der Waals surface area contributed by atoms with E-state index < -0.39 is 5.91 Å². The largest absolute Gasteiger partial charge is 0.457 e. The molecule has 0 aliphatic carbocycles. The van der Waals surface area contributed by atoms with Crippen molar-refractivity contribution >= 4 is 11.8 Å². The maximum Gasteiger partial charge on any atom is 0.252 e. The summed E-state index contributed by atoms with van der Waals surface area (Å²) < 4.78 is 7.64. The third kappa shape index (κ3) is 6.16. The molecule has 182 valence electrons. The molecule has 1 aromatic heterocycles. The highest BCUT2D eigenvalue weighted by Gasteiger charge is 2.26. The summed E-state index contributed by atoms with van der Waals surface area (Å²) >= 11 is 0. The van der Waals surface area contributed by atoms with Crippen molar-refractivity contribution in [2.75, 3.05) is 33.7 Å². The van der Waals surface area contributed by atoms with Gasteiger partial charge in [0.05, 0.1) is 11.6 Å². The monoisotopic (exact) mass is 473 g/mol. The zero-order chi connectivity index (χ0) is 24.8. The molecule has 1 aliphatic rings. The maximum atomic E-state index is 12.6. The highest BCUT2D eigenvalue weighted by atomic mass is 16.5. The number of amides is 2. The first-order valence-electron chi connectivity index (χ1n) is 11.7. The van der Waals surface area contributed by atoms with Crippen LogP contribution in [0.1, 0.15) is 29.2 Å². The number of piperidine rings is 1. The van der Waals surface area contributed by atoms with Gasteiger partial charge in [0.2, 0.25) is 5.91 Å². The Kier molecular flexibility index (Phi) is 7.62. The van der Waals surface area contributed by atoms with E-state index in [9.17, 15) is 9.59 Å². The van der Waals surface area contributed by atoms with Gasteiger partial charge < -0.3 is 20.3 Å². The molecule has 35 heavy (non-hydrogen) atoms. The van der Waals surface area contributed by atoms with Crippen LogP contribution in [-0.2, 0) is 4.79 Å². The van der Waals surface area contributed by atoms with Gasteiger partial charge in [-0.3, -0.25) is 14.3 Å². The Morgan fingerprint density at radius 3 is 2.51 bits per heavy atom. The lowest BCUT2D eigenvalue weighted by molar-refractivity contribution is -0.127. The molecule has 1 atom stereocenters. The van der Waals surface area contributed by atoms with Crippen LogP contribution < -0.4 is 10.5 Å². The van der Waals surface area contributed by atoms with Crippen molar-refractivity contribution in [3.8, 4) is 22.8 Å². The Morgan fingerprint density at radius 1 is 1.11 bits per heavy atom. The molecule has 0 saturated carbocycles. The first kappa shape index (κ1) is 24.2. The number of hydrogen-bond donors (Lipinski definition) is 1. The first-order chi connectivity index (χ1) is 16.9. The van der Waals surface area contributed by atoms with Crippen LogP contribution in [0.15, 0.2) is 72.9 Å². The SMILES string of the molecule is CN(C)CC=CC(=O)N1CCC[C@@H](n2cc(C(N)=O)c(-c3ccc(Oc4ccccc4)cc3)n2)C1. The van der Waals surface area contributed by atoms with E-state index in [0.717, 1.165) is 24.2 Å². The molecule has 8 nitrogen and oxygen atoms in total. The molecule has 1 saturated heterocycles. The molecule has 2 N–H and O–H groups in total. The lowest BCUT2D eigenvalue weighted by Crippen LogP contribution is -2.40. The fourth-order valence-corrected chi connectivity index (χ4v) is 4.12. The van der Waals surface area contributed by atoms with Crippen molar-refractivity contribution in [2.45, 2.75) is 18.9 Å². The fraction of sp³-hybridized carbons (Fsp3) is 0.296. The van der Waals surface area contributed by atoms with Gasteiger partial charge in [-0.05, 0) is 63.3 Å². The van der Waals surface area contributed by atoms with Gasteiger partial charge in [0, 0.05) is 37.5 Å². The average molecular weight is 474 g/mol. The summed E-state index contributed by atoms with van der Waals surface area (Å²) in [6.07, 6.45) is 6.94. The number of nitrogens with two attached hydrogens (primary N) is 1. The number of hydrogen-bond acceptors (Lipinski definition) is 5. The van der Waals surface area contributed by atoms with E-state index >= 15 is 0 Å². The predicted octanol–water partition coefficient (Wildman–Crippen LogP) is 3.72. The Balaban J connectivity index is 1.51. The molecule has 1 aliphatic heterocycles. The Bertz CT molecular complexity index is 1190. The van der Waals surface area contributed by atoms with Crippen LogP contribution in [0.5, 0.6) is 11.5 Å². The Morgan fingerprint density at radius 2 is 1.83 bits per heavy atom. The number of para-hydroxylation sites is 1. The number of carbonyl (C=O) groups is 2. The number of rotatable bonds is 8. The molecule has 0 spiro atoms.